The smallest absolute Gasteiger partial charge is 0.254 e. The maximum absolute atomic E-state index is 13.2. The minimum atomic E-state index is -0.320. The molecule has 2 fully saturated rings. The lowest BCUT2D eigenvalue weighted by Crippen LogP contribution is -2.49. The Morgan fingerprint density at radius 2 is 1.57 bits per heavy atom. The first-order chi connectivity index (χ1) is 17.0. The lowest BCUT2D eigenvalue weighted by molar-refractivity contribution is 0.0746. The molecular formula is C27H30FN5O2. The maximum atomic E-state index is 13.2. The molecule has 8 heteroatoms. The fourth-order valence-corrected chi connectivity index (χ4v) is 4.59. The van der Waals surface area contributed by atoms with Gasteiger partial charge in [0.1, 0.15) is 23.1 Å². The molecule has 5 rings (SSSR count). The van der Waals surface area contributed by atoms with E-state index in [9.17, 15) is 9.18 Å². The van der Waals surface area contributed by atoms with Crippen molar-refractivity contribution < 1.29 is 13.9 Å². The summed E-state index contributed by atoms with van der Waals surface area (Å²) >= 11 is 0. The number of hydrogen-bond donors (Lipinski definition) is 0. The zero-order chi connectivity index (χ0) is 24.2. The van der Waals surface area contributed by atoms with Crippen LogP contribution in [0.3, 0.4) is 0 Å². The molecule has 2 aromatic carbocycles. The Kier molecular flexibility index (Phi) is 6.79. The van der Waals surface area contributed by atoms with Gasteiger partial charge in [-0.05, 0) is 68.7 Å². The Hall–Kier alpha value is -3.68. The molecule has 0 spiro atoms. The van der Waals surface area contributed by atoms with Crippen molar-refractivity contribution in [1.29, 1.82) is 0 Å². The Morgan fingerprint density at radius 1 is 0.829 bits per heavy atom. The minimum absolute atomic E-state index is 0.0339. The van der Waals surface area contributed by atoms with E-state index in [1.54, 1.807) is 36.4 Å². The lowest BCUT2D eigenvalue weighted by atomic mass is 10.1. The number of nitrogens with zero attached hydrogens (tertiary/aromatic N) is 5. The van der Waals surface area contributed by atoms with Crippen LogP contribution in [0.5, 0.6) is 11.5 Å². The Morgan fingerprint density at radius 3 is 2.31 bits per heavy atom. The van der Waals surface area contributed by atoms with Crippen LogP contribution in [0, 0.1) is 12.7 Å². The number of piperidine rings is 1. The van der Waals surface area contributed by atoms with Gasteiger partial charge in [0, 0.05) is 56.6 Å². The summed E-state index contributed by atoms with van der Waals surface area (Å²) in [4.78, 5) is 29.1. The van der Waals surface area contributed by atoms with Gasteiger partial charge in [0.2, 0.25) is 5.95 Å². The summed E-state index contributed by atoms with van der Waals surface area (Å²) in [7, 11) is 0. The van der Waals surface area contributed by atoms with E-state index in [1.165, 1.54) is 31.4 Å². The number of hydrogen-bond acceptors (Lipinski definition) is 6. The molecule has 7 nitrogen and oxygen atoms in total. The molecule has 0 radical (unpaired) electrons. The van der Waals surface area contributed by atoms with E-state index in [1.807, 2.05) is 11.8 Å². The summed E-state index contributed by atoms with van der Waals surface area (Å²) < 4.78 is 18.9. The number of carbonyl (C=O) groups is 1. The summed E-state index contributed by atoms with van der Waals surface area (Å²) in [6.07, 6.45) is 3.69. The highest BCUT2D eigenvalue weighted by atomic mass is 19.1. The van der Waals surface area contributed by atoms with E-state index in [4.69, 9.17) is 9.72 Å². The number of benzene rings is 2. The second-order valence-corrected chi connectivity index (χ2v) is 9.08. The number of ether oxygens (including phenoxy) is 1. The van der Waals surface area contributed by atoms with E-state index in [0.717, 1.165) is 30.5 Å². The molecule has 3 heterocycles. The Bertz CT molecular complexity index is 1170. The van der Waals surface area contributed by atoms with Crippen molar-refractivity contribution in [1.82, 2.24) is 14.9 Å². The standard InChI is InChI=1S/C27H30FN5O2/c1-20-18-25(31-12-3-2-4-13-31)30-27(29-20)33-16-14-32(15-17-33)26(34)21-6-5-7-24(19-21)35-23-10-8-22(28)9-11-23/h5-11,18-19H,2-4,12-17H2,1H3. The van der Waals surface area contributed by atoms with Gasteiger partial charge in [-0.1, -0.05) is 6.07 Å². The Balaban J connectivity index is 1.22. The number of rotatable bonds is 5. The molecule has 1 amide bonds. The van der Waals surface area contributed by atoms with E-state index in [-0.39, 0.29) is 11.7 Å². The minimum Gasteiger partial charge on any atom is -0.457 e. The van der Waals surface area contributed by atoms with Gasteiger partial charge >= 0.3 is 0 Å². The van der Waals surface area contributed by atoms with E-state index < -0.39 is 0 Å². The van der Waals surface area contributed by atoms with Gasteiger partial charge in [-0.2, -0.15) is 4.98 Å². The first-order valence-electron chi connectivity index (χ1n) is 12.2. The fraction of sp³-hybridized carbons (Fsp3) is 0.370. The van der Waals surface area contributed by atoms with Crippen molar-refractivity contribution >= 4 is 17.7 Å². The van der Waals surface area contributed by atoms with Crippen molar-refractivity contribution in [3.05, 3.63) is 71.7 Å². The van der Waals surface area contributed by atoms with Gasteiger partial charge in [0.25, 0.3) is 5.91 Å². The number of anilines is 2. The summed E-state index contributed by atoms with van der Waals surface area (Å²) in [6.45, 7) is 6.65. The van der Waals surface area contributed by atoms with Crippen LogP contribution >= 0.6 is 0 Å². The summed E-state index contributed by atoms with van der Waals surface area (Å²) in [5.41, 5.74) is 1.53. The number of amides is 1. The molecule has 0 bridgehead atoms. The summed E-state index contributed by atoms with van der Waals surface area (Å²) in [6, 6.07) is 15.0. The van der Waals surface area contributed by atoms with Crippen LogP contribution in [-0.2, 0) is 0 Å². The van der Waals surface area contributed by atoms with Crippen LogP contribution in [0.1, 0.15) is 35.3 Å². The summed E-state index contributed by atoms with van der Waals surface area (Å²) in [5, 5.41) is 0. The van der Waals surface area contributed by atoms with Crippen LogP contribution in [0.2, 0.25) is 0 Å². The molecule has 182 valence electrons. The fourth-order valence-electron chi connectivity index (χ4n) is 4.59. The molecule has 0 aliphatic carbocycles. The number of aromatic nitrogens is 2. The SMILES string of the molecule is Cc1cc(N2CCCCC2)nc(N2CCN(C(=O)c3cccc(Oc4ccc(F)cc4)c3)CC2)n1. The van der Waals surface area contributed by atoms with Crippen LogP contribution in [0.15, 0.2) is 54.6 Å². The van der Waals surface area contributed by atoms with Crippen LogP contribution in [-0.4, -0.2) is 60.0 Å². The van der Waals surface area contributed by atoms with E-state index in [0.29, 0.717) is 43.2 Å². The molecule has 0 N–H and O–H groups in total. The van der Waals surface area contributed by atoms with Crippen molar-refractivity contribution in [3.63, 3.8) is 0 Å². The van der Waals surface area contributed by atoms with Crippen LogP contribution < -0.4 is 14.5 Å². The van der Waals surface area contributed by atoms with Crippen molar-refractivity contribution in [2.45, 2.75) is 26.2 Å². The third-order valence-corrected chi connectivity index (χ3v) is 6.49. The predicted molar refractivity (Wildman–Crippen MR) is 134 cm³/mol. The van der Waals surface area contributed by atoms with Crippen LogP contribution in [0.25, 0.3) is 0 Å². The highest BCUT2D eigenvalue weighted by Crippen LogP contribution is 2.25. The second-order valence-electron chi connectivity index (χ2n) is 9.08. The topological polar surface area (TPSA) is 61.8 Å². The number of piperazine rings is 1. The van der Waals surface area contributed by atoms with Gasteiger partial charge in [-0.15, -0.1) is 0 Å². The van der Waals surface area contributed by atoms with Crippen molar-refractivity contribution in [2.24, 2.45) is 0 Å². The predicted octanol–water partition coefficient (Wildman–Crippen LogP) is 4.67. The van der Waals surface area contributed by atoms with E-state index in [2.05, 4.69) is 20.9 Å². The molecule has 3 aromatic rings. The molecule has 0 saturated carbocycles. The van der Waals surface area contributed by atoms with Gasteiger partial charge in [-0.3, -0.25) is 4.79 Å². The molecule has 35 heavy (non-hydrogen) atoms. The average molecular weight is 476 g/mol. The van der Waals surface area contributed by atoms with E-state index >= 15 is 0 Å². The molecule has 2 saturated heterocycles. The average Bonchev–Trinajstić information content (AvgIpc) is 2.90. The number of carbonyl (C=O) groups excluding carboxylic acids is 1. The molecule has 2 aliphatic heterocycles. The highest BCUT2D eigenvalue weighted by Gasteiger charge is 2.25. The first-order valence-corrected chi connectivity index (χ1v) is 12.2. The largest absolute Gasteiger partial charge is 0.457 e. The maximum Gasteiger partial charge on any atom is 0.254 e. The third kappa shape index (κ3) is 5.53. The van der Waals surface area contributed by atoms with Crippen LogP contribution in [0.4, 0.5) is 16.2 Å². The van der Waals surface area contributed by atoms with Crippen molar-refractivity contribution in [2.75, 3.05) is 49.1 Å². The lowest BCUT2D eigenvalue weighted by Gasteiger charge is -2.35. The molecule has 0 unspecified atom stereocenters. The number of aryl methyl sites for hydroxylation is 1. The zero-order valence-electron chi connectivity index (χ0n) is 20.0. The van der Waals surface area contributed by atoms with Gasteiger partial charge in [0.05, 0.1) is 0 Å². The Labute approximate surface area is 205 Å². The molecule has 2 aliphatic rings. The second kappa shape index (κ2) is 10.3. The molecule has 0 atom stereocenters. The van der Waals surface area contributed by atoms with Gasteiger partial charge < -0.3 is 19.4 Å². The van der Waals surface area contributed by atoms with Gasteiger partial charge in [0.15, 0.2) is 0 Å². The molecular weight excluding hydrogens is 445 g/mol. The monoisotopic (exact) mass is 475 g/mol. The first kappa shape index (κ1) is 23.1. The zero-order valence-corrected chi connectivity index (χ0v) is 20.0. The summed E-state index contributed by atoms with van der Waals surface area (Å²) in [5.74, 6) is 2.45. The van der Waals surface area contributed by atoms with Crippen molar-refractivity contribution in [3.8, 4) is 11.5 Å². The quantitative estimate of drug-likeness (QED) is 0.535. The third-order valence-electron chi connectivity index (χ3n) is 6.49. The normalized spacial score (nSPS) is 16.3. The highest BCUT2D eigenvalue weighted by molar-refractivity contribution is 5.94. The number of halogens is 1. The molecule has 1 aromatic heterocycles. The van der Waals surface area contributed by atoms with Gasteiger partial charge in [-0.25, -0.2) is 9.37 Å².